The molecule has 0 bridgehead atoms. The zero-order valence-electron chi connectivity index (χ0n) is 11.3. The molecule has 98 valence electrons. The molecule has 0 fully saturated rings. The molecule has 0 spiro atoms. The van der Waals surface area contributed by atoms with E-state index in [9.17, 15) is 0 Å². The minimum Gasteiger partial charge on any atom is -0.377 e. The van der Waals surface area contributed by atoms with Gasteiger partial charge in [0.05, 0.1) is 12.3 Å². The van der Waals surface area contributed by atoms with Gasteiger partial charge in [0, 0.05) is 19.2 Å². The third-order valence-electron chi connectivity index (χ3n) is 2.80. The second-order valence-corrected chi connectivity index (χ2v) is 4.77. The summed E-state index contributed by atoms with van der Waals surface area (Å²) in [5.41, 5.74) is 4.67. The van der Waals surface area contributed by atoms with Gasteiger partial charge in [-0.25, -0.2) is 5.84 Å². The Morgan fingerprint density at radius 2 is 2.18 bits per heavy atom. The molecule has 5 nitrogen and oxygen atoms in total. The summed E-state index contributed by atoms with van der Waals surface area (Å²) >= 11 is 0. The van der Waals surface area contributed by atoms with E-state index in [1.807, 2.05) is 14.0 Å². The van der Waals surface area contributed by atoms with Gasteiger partial charge >= 0.3 is 0 Å². The van der Waals surface area contributed by atoms with Crippen molar-refractivity contribution in [3.63, 3.8) is 0 Å². The quantitative estimate of drug-likeness (QED) is 0.434. The fourth-order valence-corrected chi connectivity index (χ4v) is 1.82. The normalized spacial score (nSPS) is 11.2. The number of hydrazine groups is 1. The van der Waals surface area contributed by atoms with Gasteiger partial charge in [0.2, 0.25) is 0 Å². The van der Waals surface area contributed by atoms with Gasteiger partial charge in [0.15, 0.2) is 0 Å². The number of nitrogen functional groups attached to an aromatic ring is 1. The maximum atomic E-state index is 5.66. The van der Waals surface area contributed by atoms with E-state index < -0.39 is 0 Å². The molecule has 5 heteroatoms. The van der Waals surface area contributed by atoms with Crippen LogP contribution in [0.5, 0.6) is 0 Å². The van der Waals surface area contributed by atoms with E-state index in [4.69, 9.17) is 10.6 Å². The summed E-state index contributed by atoms with van der Waals surface area (Å²) in [6.07, 6.45) is 2.30. The van der Waals surface area contributed by atoms with Crippen molar-refractivity contribution in [2.24, 2.45) is 18.8 Å². The molecular formula is C12H24N4O. The predicted octanol–water partition coefficient (Wildman–Crippen LogP) is 1.97. The molecule has 0 aromatic carbocycles. The first kappa shape index (κ1) is 14.0. The lowest BCUT2D eigenvalue weighted by atomic mass is 10.1. The maximum absolute atomic E-state index is 5.66. The van der Waals surface area contributed by atoms with E-state index in [1.54, 1.807) is 4.68 Å². The standard InChI is InChI=1S/C12H24N4O/c1-9(2)6-5-7-17-8-11-10(3)15-16(4)12(11)14-13/h9,14H,5-8,13H2,1-4H3. The molecule has 1 aromatic rings. The molecule has 0 saturated carbocycles. The number of aromatic nitrogens is 2. The Labute approximate surface area is 103 Å². The van der Waals surface area contributed by atoms with Crippen LogP contribution >= 0.6 is 0 Å². The maximum Gasteiger partial charge on any atom is 0.143 e. The summed E-state index contributed by atoms with van der Waals surface area (Å²) in [5.74, 6) is 7.03. The fraction of sp³-hybridized carbons (Fsp3) is 0.750. The lowest BCUT2D eigenvalue weighted by Gasteiger charge is -2.08. The molecule has 0 unspecified atom stereocenters. The summed E-state index contributed by atoms with van der Waals surface area (Å²) in [5, 5.41) is 4.30. The van der Waals surface area contributed by atoms with Crippen LogP contribution in [0.1, 0.15) is 37.9 Å². The molecule has 1 aromatic heterocycles. The number of nitrogens with one attached hydrogen (secondary N) is 1. The van der Waals surface area contributed by atoms with Crippen molar-refractivity contribution < 1.29 is 4.74 Å². The average molecular weight is 240 g/mol. The van der Waals surface area contributed by atoms with Crippen LogP contribution in [0, 0.1) is 12.8 Å². The van der Waals surface area contributed by atoms with Gasteiger partial charge in [-0.1, -0.05) is 13.8 Å². The Hall–Kier alpha value is -1.07. The average Bonchev–Trinajstić information content (AvgIpc) is 2.52. The number of rotatable bonds is 7. The molecule has 0 radical (unpaired) electrons. The number of hydrogen-bond donors (Lipinski definition) is 2. The fourth-order valence-electron chi connectivity index (χ4n) is 1.82. The number of aryl methyl sites for hydroxylation is 2. The topological polar surface area (TPSA) is 65.1 Å². The van der Waals surface area contributed by atoms with Gasteiger partial charge in [-0.3, -0.25) is 4.68 Å². The van der Waals surface area contributed by atoms with Crippen molar-refractivity contribution in [1.29, 1.82) is 0 Å². The molecule has 17 heavy (non-hydrogen) atoms. The number of nitrogens with zero attached hydrogens (tertiary/aromatic N) is 2. The Morgan fingerprint density at radius 3 is 2.76 bits per heavy atom. The summed E-state index contributed by atoms with van der Waals surface area (Å²) < 4.78 is 7.40. The van der Waals surface area contributed by atoms with Crippen LogP contribution in [0.15, 0.2) is 0 Å². The van der Waals surface area contributed by atoms with Gasteiger partial charge in [0.1, 0.15) is 5.82 Å². The Balaban J connectivity index is 2.41. The van der Waals surface area contributed by atoms with Crippen molar-refractivity contribution in [3.05, 3.63) is 11.3 Å². The second kappa shape index (κ2) is 6.61. The minimum atomic E-state index is 0.567. The van der Waals surface area contributed by atoms with E-state index in [0.717, 1.165) is 36.0 Å². The Kier molecular flexibility index (Phi) is 5.44. The van der Waals surface area contributed by atoms with Crippen molar-refractivity contribution in [2.45, 2.75) is 40.2 Å². The minimum absolute atomic E-state index is 0.567. The zero-order valence-corrected chi connectivity index (χ0v) is 11.3. The first-order valence-electron chi connectivity index (χ1n) is 6.13. The Bertz CT molecular complexity index is 347. The van der Waals surface area contributed by atoms with Gasteiger partial charge in [-0.15, -0.1) is 0 Å². The summed E-state index contributed by atoms with van der Waals surface area (Å²) in [7, 11) is 1.87. The highest BCUT2D eigenvalue weighted by Gasteiger charge is 2.11. The molecule has 1 rings (SSSR count). The molecule has 0 aliphatic heterocycles. The van der Waals surface area contributed by atoms with Crippen molar-refractivity contribution in [2.75, 3.05) is 12.0 Å². The van der Waals surface area contributed by atoms with Crippen molar-refractivity contribution >= 4 is 5.82 Å². The van der Waals surface area contributed by atoms with Crippen LogP contribution < -0.4 is 11.3 Å². The molecule has 0 aliphatic rings. The first-order chi connectivity index (χ1) is 8.06. The molecular weight excluding hydrogens is 216 g/mol. The van der Waals surface area contributed by atoms with Crippen LogP contribution in [0.25, 0.3) is 0 Å². The lowest BCUT2D eigenvalue weighted by molar-refractivity contribution is 0.115. The largest absolute Gasteiger partial charge is 0.377 e. The smallest absolute Gasteiger partial charge is 0.143 e. The third-order valence-corrected chi connectivity index (χ3v) is 2.80. The number of ether oxygens (including phenoxy) is 1. The summed E-state index contributed by atoms with van der Waals surface area (Å²) in [6.45, 7) is 7.77. The van der Waals surface area contributed by atoms with E-state index in [-0.39, 0.29) is 0 Å². The Morgan fingerprint density at radius 1 is 1.47 bits per heavy atom. The molecule has 3 N–H and O–H groups in total. The molecule has 0 amide bonds. The molecule has 0 saturated heterocycles. The van der Waals surface area contributed by atoms with E-state index in [0.29, 0.717) is 6.61 Å². The zero-order chi connectivity index (χ0) is 12.8. The molecule has 1 heterocycles. The monoisotopic (exact) mass is 240 g/mol. The number of nitrogens with two attached hydrogens (primary N) is 1. The molecule has 0 aliphatic carbocycles. The SMILES string of the molecule is Cc1nn(C)c(NN)c1COCCCC(C)C. The van der Waals surface area contributed by atoms with Crippen LogP contribution in [-0.2, 0) is 18.4 Å². The predicted molar refractivity (Wildman–Crippen MR) is 69.5 cm³/mol. The van der Waals surface area contributed by atoms with E-state index >= 15 is 0 Å². The molecule has 0 atom stereocenters. The summed E-state index contributed by atoms with van der Waals surface area (Å²) in [4.78, 5) is 0. The van der Waals surface area contributed by atoms with Crippen molar-refractivity contribution in [1.82, 2.24) is 9.78 Å². The van der Waals surface area contributed by atoms with Crippen LogP contribution in [0.3, 0.4) is 0 Å². The van der Waals surface area contributed by atoms with Gasteiger partial charge in [0.25, 0.3) is 0 Å². The third kappa shape index (κ3) is 4.02. The number of hydrogen-bond acceptors (Lipinski definition) is 4. The van der Waals surface area contributed by atoms with Crippen molar-refractivity contribution in [3.8, 4) is 0 Å². The van der Waals surface area contributed by atoms with Gasteiger partial charge in [-0.05, 0) is 25.7 Å². The number of anilines is 1. The van der Waals surface area contributed by atoms with Crippen LogP contribution in [0.4, 0.5) is 5.82 Å². The van der Waals surface area contributed by atoms with Crippen LogP contribution in [0.2, 0.25) is 0 Å². The first-order valence-corrected chi connectivity index (χ1v) is 6.13. The second-order valence-electron chi connectivity index (χ2n) is 4.77. The highest BCUT2D eigenvalue weighted by Crippen LogP contribution is 2.18. The van der Waals surface area contributed by atoms with E-state index in [2.05, 4.69) is 24.4 Å². The highest BCUT2D eigenvalue weighted by molar-refractivity contribution is 5.45. The van der Waals surface area contributed by atoms with Gasteiger partial charge in [-0.2, -0.15) is 5.10 Å². The highest BCUT2D eigenvalue weighted by atomic mass is 16.5. The van der Waals surface area contributed by atoms with E-state index in [1.165, 1.54) is 6.42 Å². The summed E-state index contributed by atoms with van der Waals surface area (Å²) in [6, 6.07) is 0. The lowest BCUT2D eigenvalue weighted by Crippen LogP contribution is -2.13. The van der Waals surface area contributed by atoms with Crippen LogP contribution in [-0.4, -0.2) is 16.4 Å². The van der Waals surface area contributed by atoms with Gasteiger partial charge < -0.3 is 10.2 Å².